The quantitative estimate of drug-likeness (QED) is 0.875. The molecule has 0 saturated carbocycles. The highest BCUT2D eigenvalue weighted by atomic mass is 16.6. The Morgan fingerprint density at radius 1 is 1.35 bits per heavy atom. The first kappa shape index (κ1) is 13.9. The average Bonchev–Trinajstić information content (AvgIpc) is 2.68. The lowest BCUT2D eigenvalue weighted by atomic mass is 10.2. The highest BCUT2D eigenvalue weighted by molar-refractivity contribution is 6.01. The molecule has 0 atom stereocenters. The maximum absolute atomic E-state index is 11.6. The minimum atomic E-state index is -1.17. The van der Waals surface area contributed by atoms with Crippen molar-refractivity contribution in [1.29, 1.82) is 0 Å². The van der Waals surface area contributed by atoms with Crippen LogP contribution in [0.15, 0.2) is 22.7 Å². The number of anilines is 1. The third kappa shape index (κ3) is 3.05. The topological polar surface area (TPSA) is 102 Å². The summed E-state index contributed by atoms with van der Waals surface area (Å²) >= 11 is 0. The largest absolute Gasteiger partial charge is 0.476 e. The van der Waals surface area contributed by atoms with E-state index in [0.29, 0.717) is 11.1 Å². The number of carbonyl (C=O) groups is 2. The molecule has 0 aliphatic carbocycles. The Bertz CT molecular complexity index is 669. The van der Waals surface area contributed by atoms with Gasteiger partial charge in [0.15, 0.2) is 11.3 Å². The maximum atomic E-state index is 11.6. The van der Waals surface area contributed by atoms with E-state index in [1.165, 1.54) is 12.1 Å². The maximum Gasteiger partial charge on any atom is 0.412 e. The molecule has 7 nitrogen and oxygen atoms in total. The van der Waals surface area contributed by atoms with E-state index < -0.39 is 17.7 Å². The van der Waals surface area contributed by atoms with Gasteiger partial charge in [-0.15, -0.1) is 0 Å². The zero-order valence-electron chi connectivity index (χ0n) is 11.3. The van der Waals surface area contributed by atoms with Gasteiger partial charge in [0.2, 0.25) is 0 Å². The zero-order chi connectivity index (χ0) is 14.9. The summed E-state index contributed by atoms with van der Waals surface area (Å²) in [7, 11) is 0. The molecule has 0 aliphatic rings. The number of fused-ring (bicyclic) bond motifs is 1. The Morgan fingerprint density at radius 3 is 2.65 bits per heavy atom. The molecule has 0 bridgehead atoms. The molecular weight excluding hydrogens is 264 g/mol. The minimum absolute atomic E-state index is 0.163. The average molecular weight is 278 g/mol. The summed E-state index contributed by atoms with van der Waals surface area (Å²) in [6, 6.07) is 4.55. The monoisotopic (exact) mass is 278 g/mol. The number of nitrogens with one attached hydrogen (secondary N) is 1. The van der Waals surface area contributed by atoms with E-state index in [0.717, 1.165) is 0 Å². The molecular formula is C13H14N2O5. The van der Waals surface area contributed by atoms with Crippen LogP contribution in [0.4, 0.5) is 10.5 Å². The van der Waals surface area contributed by atoms with Gasteiger partial charge in [0.25, 0.3) is 0 Å². The summed E-state index contributed by atoms with van der Waals surface area (Å²) < 4.78 is 10.0. The van der Waals surface area contributed by atoms with Crippen molar-refractivity contribution < 1.29 is 24.0 Å². The van der Waals surface area contributed by atoms with Gasteiger partial charge < -0.3 is 14.4 Å². The van der Waals surface area contributed by atoms with Crippen molar-refractivity contribution in [3.05, 3.63) is 23.9 Å². The Morgan fingerprint density at radius 2 is 2.05 bits per heavy atom. The van der Waals surface area contributed by atoms with E-state index in [1.54, 1.807) is 26.8 Å². The molecule has 0 fully saturated rings. The molecule has 7 heteroatoms. The number of aromatic nitrogens is 1. The minimum Gasteiger partial charge on any atom is -0.476 e. The number of amides is 1. The molecule has 2 rings (SSSR count). The van der Waals surface area contributed by atoms with Crippen LogP contribution >= 0.6 is 0 Å². The van der Waals surface area contributed by atoms with Crippen LogP contribution in [0.5, 0.6) is 0 Å². The van der Waals surface area contributed by atoms with Gasteiger partial charge in [-0.2, -0.15) is 0 Å². The van der Waals surface area contributed by atoms with Crippen LogP contribution in [-0.2, 0) is 4.74 Å². The van der Waals surface area contributed by atoms with Gasteiger partial charge in [-0.3, -0.25) is 5.32 Å². The van der Waals surface area contributed by atoms with Crippen LogP contribution in [0.3, 0.4) is 0 Å². The predicted octanol–water partition coefficient (Wildman–Crippen LogP) is 2.87. The normalized spacial score (nSPS) is 11.3. The van der Waals surface area contributed by atoms with Crippen molar-refractivity contribution in [3.8, 4) is 0 Å². The van der Waals surface area contributed by atoms with Gasteiger partial charge >= 0.3 is 12.1 Å². The van der Waals surface area contributed by atoms with Crippen LogP contribution in [-0.4, -0.2) is 27.9 Å². The lowest BCUT2D eigenvalue weighted by molar-refractivity contribution is 0.0633. The smallest absolute Gasteiger partial charge is 0.412 e. The Labute approximate surface area is 114 Å². The summed E-state index contributed by atoms with van der Waals surface area (Å²) in [5, 5.41) is 15.3. The molecule has 0 saturated heterocycles. The fourth-order valence-corrected chi connectivity index (χ4v) is 1.59. The van der Waals surface area contributed by atoms with E-state index in [1.807, 2.05) is 0 Å². The van der Waals surface area contributed by atoms with Crippen molar-refractivity contribution in [3.63, 3.8) is 0 Å². The van der Waals surface area contributed by atoms with Crippen LogP contribution < -0.4 is 5.32 Å². The SMILES string of the molecule is CC(C)(C)OC(=O)Nc1ccc2c(C(=O)O)noc2c1. The van der Waals surface area contributed by atoms with Gasteiger partial charge in [0.05, 0.1) is 5.39 Å². The predicted molar refractivity (Wildman–Crippen MR) is 70.8 cm³/mol. The first-order valence-electron chi connectivity index (χ1n) is 5.89. The third-order valence-corrected chi connectivity index (χ3v) is 2.32. The lowest BCUT2D eigenvalue weighted by Gasteiger charge is -2.19. The molecule has 2 aromatic rings. The number of hydrogen-bond donors (Lipinski definition) is 2. The lowest BCUT2D eigenvalue weighted by Crippen LogP contribution is -2.27. The summed E-state index contributed by atoms with van der Waals surface area (Å²) in [6.07, 6.45) is -0.602. The number of nitrogens with zero attached hydrogens (tertiary/aromatic N) is 1. The zero-order valence-corrected chi connectivity index (χ0v) is 11.3. The van der Waals surface area contributed by atoms with E-state index in [-0.39, 0.29) is 11.3 Å². The molecule has 0 aliphatic heterocycles. The number of hydrogen-bond acceptors (Lipinski definition) is 5. The molecule has 106 valence electrons. The van der Waals surface area contributed by atoms with Crippen molar-refractivity contribution in [2.24, 2.45) is 0 Å². The first-order valence-corrected chi connectivity index (χ1v) is 5.89. The summed E-state index contributed by atoms with van der Waals surface area (Å²) in [6.45, 7) is 5.27. The molecule has 20 heavy (non-hydrogen) atoms. The van der Waals surface area contributed by atoms with E-state index in [2.05, 4.69) is 10.5 Å². The fraction of sp³-hybridized carbons (Fsp3) is 0.308. The van der Waals surface area contributed by atoms with Gasteiger partial charge in [0.1, 0.15) is 5.60 Å². The number of benzene rings is 1. The molecule has 1 amide bonds. The molecule has 0 radical (unpaired) electrons. The molecule has 0 spiro atoms. The molecule has 0 unspecified atom stereocenters. The summed E-state index contributed by atoms with van der Waals surface area (Å²) in [4.78, 5) is 22.5. The highest BCUT2D eigenvalue weighted by Gasteiger charge is 2.18. The van der Waals surface area contributed by atoms with Crippen molar-refractivity contribution in [2.75, 3.05) is 5.32 Å². The second kappa shape index (κ2) is 4.84. The number of carboxylic acid groups (broad SMARTS) is 1. The standard InChI is InChI=1S/C13H14N2O5/c1-13(2,3)19-12(18)14-7-4-5-8-9(6-7)20-15-10(8)11(16)17/h4-6H,1-3H3,(H,14,18)(H,16,17). The number of carboxylic acids is 1. The number of carbonyl (C=O) groups excluding carboxylic acids is 1. The van der Waals surface area contributed by atoms with Crippen molar-refractivity contribution >= 4 is 28.7 Å². The van der Waals surface area contributed by atoms with E-state index >= 15 is 0 Å². The van der Waals surface area contributed by atoms with Crippen LogP contribution in [0.2, 0.25) is 0 Å². The highest BCUT2D eigenvalue weighted by Crippen LogP contribution is 2.22. The van der Waals surface area contributed by atoms with Crippen LogP contribution in [0.1, 0.15) is 31.3 Å². The van der Waals surface area contributed by atoms with Crippen LogP contribution in [0.25, 0.3) is 11.0 Å². The first-order chi connectivity index (χ1) is 9.26. The molecule has 2 N–H and O–H groups in total. The second-order valence-electron chi connectivity index (χ2n) is 5.17. The number of ether oxygens (including phenoxy) is 1. The van der Waals surface area contributed by atoms with Crippen molar-refractivity contribution in [1.82, 2.24) is 5.16 Å². The third-order valence-electron chi connectivity index (χ3n) is 2.32. The molecule has 1 heterocycles. The summed E-state index contributed by atoms with van der Waals surface area (Å²) in [5.74, 6) is -1.17. The Kier molecular flexibility index (Phi) is 3.35. The van der Waals surface area contributed by atoms with Gasteiger partial charge in [-0.1, -0.05) is 5.16 Å². The Hall–Kier alpha value is -2.57. The number of rotatable bonds is 2. The number of aromatic carboxylic acids is 1. The van der Waals surface area contributed by atoms with Gasteiger partial charge in [-0.05, 0) is 32.9 Å². The van der Waals surface area contributed by atoms with E-state index in [4.69, 9.17) is 14.4 Å². The van der Waals surface area contributed by atoms with Gasteiger partial charge in [-0.25, -0.2) is 9.59 Å². The Balaban J connectivity index is 2.21. The van der Waals surface area contributed by atoms with Crippen molar-refractivity contribution in [2.45, 2.75) is 26.4 Å². The fourth-order valence-electron chi connectivity index (χ4n) is 1.59. The van der Waals surface area contributed by atoms with Gasteiger partial charge in [0, 0.05) is 11.8 Å². The molecule has 1 aromatic carbocycles. The second-order valence-corrected chi connectivity index (χ2v) is 5.17. The van der Waals surface area contributed by atoms with Crippen LogP contribution in [0, 0.1) is 0 Å². The molecule has 1 aromatic heterocycles. The van der Waals surface area contributed by atoms with E-state index in [9.17, 15) is 9.59 Å². The summed E-state index contributed by atoms with van der Waals surface area (Å²) in [5.41, 5.74) is -0.0590.